The summed E-state index contributed by atoms with van der Waals surface area (Å²) in [6, 6.07) is 6.99. The smallest absolute Gasteiger partial charge is 0.253 e. The molecule has 0 aliphatic carbocycles. The minimum absolute atomic E-state index is 0.212. The Morgan fingerprint density at radius 3 is 2.94 bits per heavy atom. The van der Waals surface area contributed by atoms with Gasteiger partial charge in [-0.15, -0.1) is 0 Å². The van der Waals surface area contributed by atoms with Gasteiger partial charge in [-0.1, -0.05) is 17.7 Å². The summed E-state index contributed by atoms with van der Waals surface area (Å²) in [5, 5.41) is 7.15. The van der Waals surface area contributed by atoms with E-state index >= 15 is 0 Å². The summed E-state index contributed by atoms with van der Waals surface area (Å²) in [6.07, 6.45) is 0. The predicted octanol–water partition coefficient (Wildman–Crippen LogP) is 2.91. The number of para-hydroxylation sites is 1. The number of carbonyl (C=O) groups is 1. The molecule has 0 saturated heterocycles. The molecular weight excluding hydrogens is 256 g/mol. The van der Waals surface area contributed by atoms with E-state index in [1.165, 1.54) is 0 Å². The van der Waals surface area contributed by atoms with Gasteiger partial charge in [-0.05, 0) is 34.5 Å². The fraction of sp³-hybridized carbons (Fsp3) is 0.0833. The van der Waals surface area contributed by atoms with Gasteiger partial charge in [0.1, 0.15) is 0 Å². The van der Waals surface area contributed by atoms with Crippen LogP contribution in [0.1, 0.15) is 15.9 Å². The molecule has 0 atom stereocenters. The molecular formula is C12H11ClN2OS. The Balaban J connectivity index is 2.07. The zero-order valence-electron chi connectivity index (χ0n) is 8.94. The molecule has 5 heteroatoms. The molecule has 0 unspecified atom stereocenters. The van der Waals surface area contributed by atoms with Crippen LogP contribution in [0.25, 0.3) is 0 Å². The van der Waals surface area contributed by atoms with E-state index in [-0.39, 0.29) is 5.91 Å². The molecule has 3 nitrogen and oxygen atoms in total. The van der Waals surface area contributed by atoms with Crippen LogP contribution < -0.4 is 11.1 Å². The Kier molecular flexibility index (Phi) is 3.66. The van der Waals surface area contributed by atoms with Crippen LogP contribution in [0, 0.1) is 0 Å². The van der Waals surface area contributed by atoms with Crippen molar-refractivity contribution in [1.82, 2.24) is 5.32 Å². The molecule has 0 saturated carbocycles. The number of nitrogens with two attached hydrogens (primary N) is 1. The van der Waals surface area contributed by atoms with Crippen molar-refractivity contribution < 1.29 is 4.79 Å². The standard InChI is InChI=1S/C12H11ClN2OS/c13-10-3-1-2-9(11(10)14)12(16)15-6-8-4-5-17-7-8/h1-5,7H,6,14H2,(H,15,16). The number of halogens is 1. The van der Waals surface area contributed by atoms with E-state index in [9.17, 15) is 4.79 Å². The molecule has 2 rings (SSSR count). The lowest BCUT2D eigenvalue weighted by Crippen LogP contribution is -2.23. The van der Waals surface area contributed by atoms with E-state index in [0.717, 1.165) is 5.56 Å². The fourth-order valence-corrected chi connectivity index (χ4v) is 2.25. The van der Waals surface area contributed by atoms with Gasteiger partial charge in [0.25, 0.3) is 5.91 Å². The Morgan fingerprint density at radius 2 is 2.24 bits per heavy atom. The average Bonchev–Trinajstić information content (AvgIpc) is 2.82. The van der Waals surface area contributed by atoms with Crippen LogP contribution in [0.15, 0.2) is 35.0 Å². The van der Waals surface area contributed by atoms with Crippen molar-refractivity contribution in [2.45, 2.75) is 6.54 Å². The molecule has 1 aromatic heterocycles. The van der Waals surface area contributed by atoms with Crippen molar-refractivity contribution in [3.05, 3.63) is 51.2 Å². The molecule has 0 aliphatic heterocycles. The number of amides is 1. The van der Waals surface area contributed by atoms with Crippen molar-refractivity contribution >= 4 is 34.5 Å². The number of anilines is 1. The summed E-state index contributed by atoms with van der Waals surface area (Å²) in [7, 11) is 0. The number of benzene rings is 1. The fourth-order valence-electron chi connectivity index (χ4n) is 1.41. The molecule has 1 heterocycles. The van der Waals surface area contributed by atoms with Crippen LogP contribution in [-0.2, 0) is 6.54 Å². The molecule has 0 fully saturated rings. The number of nitrogens with one attached hydrogen (secondary N) is 1. The van der Waals surface area contributed by atoms with Crippen molar-refractivity contribution in [1.29, 1.82) is 0 Å². The maximum atomic E-state index is 11.9. The van der Waals surface area contributed by atoms with Crippen molar-refractivity contribution in [3.8, 4) is 0 Å². The highest BCUT2D eigenvalue weighted by molar-refractivity contribution is 7.07. The molecule has 1 amide bonds. The second-order valence-corrected chi connectivity index (χ2v) is 4.70. The minimum Gasteiger partial charge on any atom is -0.397 e. The molecule has 0 radical (unpaired) electrons. The first-order chi connectivity index (χ1) is 8.18. The Hall–Kier alpha value is -1.52. The lowest BCUT2D eigenvalue weighted by atomic mass is 10.1. The van der Waals surface area contributed by atoms with Crippen molar-refractivity contribution in [2.75, 3.05) is 5.73 Å². The molecule has 0 bridgehead atoms. The van der Waals surface area contributed by atoms with Gasteiger partial charge in [0, 0.05) is 6.54 Å². The first-order valence-electron chi connectivity index (χ1n) is 5.01. The predicted molar refractivity (Wildman–Crippen MR) is 71.4 cm³/mol. The summed E-state index contributed by atoms with van der Waals surface area (Å²) >= 11 is 7.45. The van der Waals surface area contributed by atoms with E-state index in [1.54, 1.807) is 29.5 Å². The van der Waals surface area contributed by atoms with Crippen molar-refractivity contribution in [2.24, 2.45) is 0 Å². The number of hydrogen-bond donors (Lipinski definition) is 2. The largest absolute Gasteiger partial charge is 0.397 e. The monoisotopic (exact) mass is 266 g/mol. The lowest BCUT2D eigenvalue weighted by molar-refractivity contribution is 0.0952. The van der Waals surface area contributed by atoms with Gasteiger partial charge >= 0.3 is 0 Å². The summed E-state index contributed by atoms with van der Waals surface area (Å²) in [6.45, 7) is 0.494. The van der Waals surface area contributed by atoms with Crippen LogP contribution in [0.4, 0.5) is 5.69 Å². The van der Waals surface area contributed by atoms with Gasteiger partial charge in [0.05, 0.1) is 16.3 Å². The maximum Gasteiger partial charge on any atom is 0.253 e. The van der Waals surface area contributed by atoms with E-state index < -0.39 is 0 Å². The summed E-state index contributed by atoms with van der Waals surface area (Å²) in [5.74, 6) is -0.212. The molecule has 0 aliphatic rings. The average molecular weight is 267 g/mol. The van der Waals surface area contributed by atoms with E-state index in [2.05, 4.69) is 5.32 Å². The highest BCUT2D eigenvalue weighted by Gasteiger charge is 2.11. The second kappa shape index (κ2) is 5.21. The van der Waals surface area contributed by atoms with Gasteiger partial charge in [-0.25, -0.2) is 0 Å². The maximum absolute atomic E-state index is 11.9. The SMILES string of the molecule is Nc1c(Cl)cccc1C(=O)NCc1ccsc1. The lowest BCUT2D eigenvalue weighted by Gasteiger charge is -2.07. The van der Waals surface area contributed by atoms with E-state index in [4.69, 9.17) is 17.3 Å². The Bertz CT molecular complexity index is 525. The van der Waals surface area contributed by atoms with Crippen molar-refractivity contribution in [3.63, 3.8) is 0 Å². The zero-order valence-corrected chi connectivity index (χ0v) is 10.5. The highest BCUT2D eigenvalue weighted by atomic mass is 35.5. The third kappa shape index (κ3) is 2.78. The highest BCUT2D eigenvalue weighted by Crippen LogP contribution is 2.22. The van der Waals surface area contributed by atoms with Crippen LogP contribution in [0.2, 0.25) is 5.02 Å². The Morgan fingerprint density at radius 1 is 1.41 bits per heavy atom. The molecule has 1 aromatic carbocycles. The van der Waals surface area contributed by atoms with Gasteiger partial charge in [-0.2, -0.15) is 11.3 Å². The zero-order chi connectivity index (χ0) is 12.3. The topological polar surface area (TPSA) is 55.1 Å². The number of carbonyl (C=O) groups excluding carboxylic acids is 1. The van der Waals surface area contributed by atoms with Crippen LogP contribution in [0.5, 0.6) is 0 Å². The van der Waals surface area contributed by atoms with Crippen LogP contribution in [-0.4, -0.2) is 5.91 Å². The second-order valence-electron chi connectivity index (χ2n) is 3.52. The van der Waals surface area contributed by atoms with E-state index in [0.29, 0.717) is 22.8 Å². The first kappa shape index (κ1) is 12.0. The Labute approximate surface area is 108 Å². The third-order valence-electron chi connectivity index (χ3n) is 2.33. The quantitative estimate of drug-likeness (QED) is 0.840. The molecule has 2 aromatic rings. The van der Waals surface area contributed by atoms with Crippen LogP contribution >= 0.6 is 22.9 Å². The number of hydrogen-bond acceptors (Lipinski definition) is 3. The molecule has 17 heavy (non-hydrogen) atoms. The molecule has 0 spiro atoms. The minimum atomic E-state index is -0.212. The molecule has 3 N–H and O–H groups in total. The van der Waals surface area contributed by atoms with E-state index in [1.807, 2.05) is 16.8 Å². The van der Waals surface area contributed by atoms with Gasteiger partial charge in [-0.3, -0.25) is 4.79 Å². The number of nitrogen functional groups attached to an aromatic ring is 1. The van der Waals surface area contributed by atoms with Gasteiger partial charge in [0.15, 0.2) is 0 Å². The van der Waals surface area contributed by atoms with Gasteiger partial charge in [0.2, 0.25) is 0 Å². The first-order valence-corrected chi connectivity index (χ1v) is 6.34. The van der Waals surface area contributed by atoms with Gasteiger partial charge < -0.3 is 11.1 Å². The summed E-state index contributed by atoms with van der Waals surface area (Å²) in [5.41, 5.74) is 7.54. The third-order valence-corrected chi connectivity index (χ3v) is 3.39. The number of thiophene rings is 1. The normalized spacial score (nSPS) is 10.2. The van der Waals surface area contributed by atoms with Crippen LogP contribution in [0.3, 0.4) is 0 Å². The molecule has 88 valence electrons. The summed E-state index contributed by atoms with van der Waals surface area (Å²) < 4.78 is 0. The number of rotatable bonds is 3. The summed E-state index contributed by atoms with van der Waals surface area (Å²) in [4.78, 5) is 11.9.